The zero-order chi connectivity index (χ0) is 14.4. The molecule has 0 aliphatic carbocycles. The first kappa shape index (κ1) is 12.9. The van der Waals surface area contributed by atoms with Crippen LogP contribution >= 0.6 is 11.3 Å². The summed E-state index contributed by atoms with van der Waals surface area (Å²) in [5.41, 5.74) is 2.73. The van der Waals surface area contributed by atoms with Gasteiger partial charge in [-0.05, 0) is 44.0 Å². The van der Waals surface area contributed by atoms with E-state index in [1.165, 1.54) is 12.1 Å². The van der Waals surface area contributed by atoms with Gasteiger partial charge in [-0.25, -0.2) is 13.9 Å². The highest BCUT2D eigenvalue weighted by molar-refractivity contribution is 7.16. The van der Waals surface area contributed by atoms with Crippen LogP contribution in [0.5, 0.6) is 0 Å². The molecule has 1 aliphatic rings. The zero-order valence-electron chi connectivity index (χ0n) is 11.5. The molecule has 4 rings (SSSR count). The third-order valence-electron chi connectivity index (χ3n) is 3.77. The predicted molar refractivity (Wildman–Crippen MR) is 78.9 cm³/mol. The first-order chi connectivity index (χ1) is 10.2. The van der Waals surface area contributed by atoms with E-state index >= 15 is 0 Å². The van der Waals surface area contributed by atoms with Gasteiger partial charge in [0.2, 0.25) is 4.96 Å². The fraction of sp³-hybridized carbons (Fsp3) is 0.333. The minimum Gasteiger partial charge on any atom is -0.371 e. The van der Waals surface area contributed by atoms with Crippen LogP contribution in [0.1, 0.15) is 29.6 Å². The summed E-state index contributed by atoms with van der Waals surface area (Å²) in [6, 6.07) is 6.40. The van der Waals surface area contributed by atoms with Crippen LogP contribution in [-0.4, -0.2) is 21.2 Å². The molecule has 0 amide bonds. The molecule has 3 heterocycles. The Kier molecular flexibility index (Phi) is 3.01. The summed E-state index contributed by atoms with van der Waals surface area (Å²) >= 11 is 1.57. The van der Waals surface area contributed by atoms with Crippen LogP contribution in [0.2, 0.25) is 0 Å². The standard InChI is InChI=1S/C15H14FN3OS/c1-9-13(10-4-6-11(16)7-5-10)17-15-19(9)18-14(21-15)12-3-2-8-20-12/h4-7,12H,2-3,8H2,1H3. The second-order valence-electron chi connectivity index (χ2n) is 5.19. The third-order valence-corrected chi connectivity index (χ3v) is 4.77. The van der Waals surface area contributed by atoms with Gasteiger partial charge in [0.15, 0.2) is 0 Å². The summed E-state index contributed by atoms with van der Waals surface area (Å²) < 4.78 is 20.6. The summed E-state index contributed by atoms with van der Waals surface area (Å²) in [5, 5.41) is 5.62. The van der Waals surface area contributed by atoms with E-state index < -0.39 is 0 Å². The van der Waals surface area contributed by atoms with Gasteiger partial charge in [-0.3, -0.25) is 0 Å². The van der Waals surface area contributed by atoms with Crippen LogP contribution in [0.25, 0.3) is 16.2 Å². The number of rotatable bonds is 2. The third kappa shape index (κ3) is 2.15. The van der Waals surface area contributed by atoms with Crippen molar-refractivity contribution in [2.24, 2.45) is 0 Å². The SMILES string of the molecule is Cc1c(-c2ccc(F)cc2)nc2sc(C3CCCO3)nn12. The number of nitrogens with zero attached hydrogens (tertiary/aromatic N) is 3. The second kappa shape index (κ2) is 4.89. The summed E-state index contributed by atoms with van der Waals surface area (Å²) in [7, 11) is 0. The van der Waals surface area contributed by atoms with Gasteiger partial charge in [0.05, 0.1) is 11.4 Å². The quantitative estimate of drug-likeness (QED) is 0.723. The molecule has 0 bridgehead atoms. The van der Waals surface area contributed by atoms with Crippen LogP contribution in [0.3, 0.4) is 0 Å². The molecule has 3 aromatic rings. The van der Waals surface area contributed by atoms with Crippen LogP contribution in [0.4, 0.5) is 4.39 Å². The molecule has 21 heavy (non-hydrogen) atoms. The number of ether oxygens (including phenoxy) is 1. The molecule has 6 heteroatoms. The molecule has 1 saturated heterocycles. The van der Waals surface area contributed by atoms with Crippen LogP contribution in [0.15, 0.2) is 24.3 Å². The lowest BCUT2D eigenvalue weighted by Crippen LogP contribution is -1.97. The molecular weight excluding hydrogens is 289 g/mol. The molecule has 1 unspecified atom stereocenters. The molecule has 2 aromatic heterocycles. The summed E-state index contributed by atoms with van der Waals surface area (Å²) in [6.45, 7) is 2.80. The van der Waals surface area contributed by atoms with Crippen molar-refractivity contribution < 1.29 is 9.13 Å². The zero-order valence-corrected chi connectivity index (χ0v) is 12.4. The van der Waals surface area contributed by atoms with Crippen molar-refractivity contribution in [3.05, 3.63) is 40.8 Å². The van der Waals surface area contributed by atoms with E-state index in [1.54, 1.807) is 23.5 Å². The van der Waals surface area contributed by atoms with E-state index in [4.69, 9.17) is 4.74 Å². The van der Waals surface area contributed by atoms with Gasteiger partial charge < -0.3 is 4.74 Å². The molecule has 0 N–H and O–H groups in total. The van der Waals surface area contributed by atoms with E-state index in [0.29, 0.717) is 0 Å². The van der Waals surface area contributed by atoms with Gasteiger partial charge in [0.25, 0.3) is 0 Å². The Morgan fingerprint density at radius 3 is 2.81 bits per heavy atom. The van der Waals surface area contributed by atoms with Crippen molar-refractivity contribution in [1.29, 1.82) is 0 Å². The number of hydrogen-bond donors (Lipinski definition) is 0. The Morgan fingerprint density at radius 2 is 2.14 bits per heavy atom. The average molecular weight is 303 g/mol. The van der Waals surface area contributed by atoms with Gasteiger partial charge in [0, 0.05) is 12.2 Å². The van der Waals surface area contributed by atoms with Gasteiger partial charge >= 0.3 is 0 Å². The molecule has 1 aromatic carbocycles. The van der Waals surface area contributed by atoms with Crippen molar-refractivity contribution in [1.82, 2.24) is 14.6 Å². The van der Waals surface area contributed by atoms with E-state index in [1.807, 2.05) is 11.4 Å². The van der Waals surface area contributed by atoms with Crippen LogP contribution in [-0.2, 0) is 4.74 Å². The number of aromatic nitrogens is 3. The lowest BCUT2D eigenvalue weighted by atomic mass is 10.1. The van der Waals surface area contributed by atoms with Crippen molar-refractivity contribution in [3.8, 4) is 11.3 Å². The van der Waals surface area contributed by atoms with Crippen LogP contribution in [0, 0.1) is 12.7 Å². The molecule has 0 saturated carbocycles. The Labute approximate surface area is 125 Å². The number of imidazole rings is 1. The normalized spacial score (nSPS) is 18.7. The minimum absolute atomic E-state index is 0.116. The lowest BCUT2D eigenvalue weighted by Gasteiger charge is -2.03. The van der Waals surface area contributed by atoms with Gasteiger partial charge in [-0.1, -0.05) is 11.3 Å². The fourth-order valence-electron chi connectivity index (χ4n) is 2.65. The number of aryl methyl sites for hydroxylation is 1. The lowest BCUT2D eigenvalue weighted by molar-refractivity contribution is 0.111. The highest BCUT2D eigenvalue weighted by Crippen LogP contribution is 2.33. The maximum atomic E-state index is 13.0. The summed E-state index contributed by atoms with van der Waals surface area (Å²) in [4.78, 5) is 5.50. The molecule has 0 spiro atoms. The smallest absolute Gasteiger partial charge is 0.213 e. The number of benzene rings is 1. The molecule has 0 radical (unpaired) electrons. The molecule has 4 nitrogen and oxygen atoms in total. The highest BCUT2D eigenvalue weighted by atomic mass is 32.1. The summed E-state index contributed by atoms with van der Waals surface area (Å²) in [5.74, 6) is -0.240. The number of halogens is 1. The number of hydrogen-bond acceptors (Lipinski definition) is 4. The Bertz CT molecular complexity index is 787. The minimum atomic E-state index is -0.240. The summed E-state index contributed by atoms with van der Waals surface area (Å²) in [6.07, 6.45) is 2.23. The second-order valence-corrected chi connectivity index (χ2v) is 6.18. The molecule has 1 aliphatic heterocycles. The topological polar surface area (TPSA) is 39.4 Å². The van der Waals surface area contributed by atoms with Gasteiger partial charge in [0.1, 0.15) is 16.9 Å². The van der Waals surface area contributed by atoms with Crippen molar-refractivity contribution in [3.63, 3.8) is 0 Å². The Hall–Kier alpha value is -1.79. The maximum absolute atomic E-state index is 13.0. The number of fused-ring (bicyclic) bond motifs is 1. The van der Waals surface area contributed by atoms with E-state index in [0.717, 1.165) is 46.4 Å². The fourth-order valence-corrected chi connectivity index (χ4v) is 3.68. The molecule has 1 fully saturated rings. The first-order valence-electron chi connectivity index (χ1n) is 6.96. The van der Waals surface area contributed by atoms with E-state index in [9.17, 15) is 4.39 Å². The Balaban J connectivity index is 1.76. The molecular formula is C15H14FN3OS. The first-order valence-corrected chi connectivity index (χ1v) is 7.77. The molecule has 1 atom stereocenters. The Morgan fingerprint density at radius 1 is 1.33 bits per heavy atom. The van der Waals surface area contributed by atoms with Crippen molar-refractivity contribution in [2.75, 3.05) is 6.61 Å². The largest absolute Gasteiger partial charge is 0.371 e. The predicted octanol–water partition coefficient (Wildman–Crippen LogP) is 3.76. The molecule has 108 valence electrons. The van der Waals surface area contributed by atoms with Crippen molar-refractivity contribution in [2.45, 2.75) is 25.9 Å². The highest BCUT2D eigenvalue weighted by Gasteiger charge is 2.23. The average Bonchev–Trinajstić information content (AvgIpc) is 3.18. The monoisotopic (exact) mass is 303 g/mol. The van der Waals surface area contributed by atoms with E-state index in [2.05, 4.69) is 10.1 Å². The van der Waals surface area contributed by atoms with Crippen molar-refractivity contribution >= 4 is 16.3 Å². The van der Waals surface area contributed by atoms with E-state index in [-0.39, 0.29) is 11.9 Å². The van der Waals surface area contributed by atoms with Crippen LogP contribution < -0.4 is 0 Å². The van der Waals surface area contributed by atoms with Gasteiger partial charge in [-0.15, -0.1) is 0 Å². The maximum Gasteiger partial charge on any atom is 0.213 e. The van der Waals surface area contributed by atoms with Gasteiger partial charge in [-0.2, -0.15) is 5.10 Å².